The lowest BCUT2D eigenvalue weighted by atomic mass is 10.0. The Morgan fingerprint density at radius 1 is 1.29 bits per heavy atom. The minimum absolute atomic E-state index is 0.0153. The van der Waals surface area contributed by atoms with Gasteiger partial charge in [-0.05, 0) is 12.8 Å². The molecule has 0 bridgehead atoms. The summed E-state index contributed by atoms with van der Waals surface area (Å²) in [6.45, 7) is 4.45. The van der Waals surface area contributed by atoms with Gasteiger partial charge in [0.05, 0.1) is 13.2 Å². The molecule has 122 valence electrons. The average Bonchev–Trinajstić information content (AvgIpc) is 2.45. The van der Waals surface area contributed by atoms with Crippen LogP contribution in [0.25, 0.3) is 0 Å². The minimum Gasteiger partial charge on any atom is -0.438 e. The fourth-order valence-corrected chi connectivity index (χ4v) is 2.14. The molecule has 0 unspecified atom stereocenters. The molecule has 0 radical (unpaired) electrons. The third-order valence-electron chi connectivity index (χ3n) is 3.25. The first kappa shape index (κ1) is 17.7. The molecule has 0 atom stereocenters. The molecular weight excluding hydrogens is 289 g/mol. The van der Waals surface area contributed by atoms with Crippen LogP contribution in [0.5, 0.6) is 0 Å². The third-order valence-corrected chi connectivity index (χ3v) is 3.25. The maximum atomic E-state index is 12.0. The summed E-state index contributed by atoms with van der Waals surface area (Å²) in [4.78, 5) is 17.2. The summed E-state index contributed by atoms with van der Waals surface area (Å²) in [5, 5.41) is 0. The highest BCUT2D eigenvalue weighted by molar-refractivity contribution is 5.93. The second kappa shape index (κ2) is 8.21. The van der Waals surface area contributed by atoms with Crippen molar-refractivity contribution in [3.63, 3.8) is 0 Å². The lowest BCUT2D eigenvalue weighted by Gasteiger charge is -2.33. The molecule has 0 aliphatic carbocycles. The highest BCUT2D eigenvalue weighted by Crippen LogP contribution is 2.17. The first-order valence-electron chi connectivity index (χ1n) is 7.02. The lowest BCUT2D eigenvalue weighted by Crippen LogP contribution is -2.44. The Balaban J connectivity index is 2.78. The number of amides is 1. The average molecular weight is 310 g/mol. The van der Waals surface area contributed by atoms with Crippen molar-refractivity contribution in [3.8, 4) is 0 Å². The van der Waals surface area contributed by atoms with Gasteiger partial charge < -0.3 is 14.4 Å². The molecule has 0 spiro atoms. The standard InChI is InChI=1S/C13H21F3N2O3/c1-3-10(4-2)11(18-5-7-20-8-6-18)17-12(19)21-9-13(14,15)16/h10H,3-9H2,1-2H3/b17-11-. The molecule has 5 nitrogen and oxygen atoms in total. The largest absolute Gasteiger partial charge is 0.438 e. The van der Waals surface area contributed by atoms with Crippen LogP contribution in [0.2, 0.25) is 0 Å². The zero-order valence-electron chi connectivity index (χ0n) is 12.3. The molecular formula is C13H21F3N2O3. The number of carbonyl (C=O) groups excluding carboxylic acids is 1. The van der Waals surface area contributed by atoms with E-state index in [1.54, 1.807) is 0 Å². The molecule has 8 heteroatoms. The number of halogens is 3. The molecule has 1 heterocycles. The molecule has 0 aromatic carbocycles. The van der Waals surface area contributed by atoms with E-state index in [9.17, 15) is 18.0 Å². The Labute approximate surface area is 122 Å². The number of nitrogens with zero attached hydrogens (tertiary/aromatic N) is 2. The van der Waals surface area contributed by atoms with E-state index in [-0.39, 0.29) is 5.92 Å². The first-order chi connectivity index (χ1) is 9.87. The predicted molar refractivity (Wildman–Crippen MR) is 71.3 cm³/mol. The summed E-state index contributed by atoms with van der Waals surface area (Å²) in [5.74, 6) is 0.511. The van der Waals surface area contributed by atoms with E-state index in [1.807, 2.05) is 18.7 Å². The number of alkyl halides is 3. The van der Waals surface area contributed by atoms with Crippen LogP contribution in [0.3, 0.4) is 0 Å². The number of amidine groups is 1. The van der Waals surface area contributed by atoms with Gasteiger partial charge >= 0.3 is 12.3 Å². The first-order valence-corrected chi connectivity index (χ1v) is 7.02. The lowest BCUT2D eigenvalue weighted by molar-refractivity contribution is -0.159. The van der Waals surface area contributed by atoms with Gasteiger partial charge in [0.15, 0.2) is 6.61 Å². The van der Waals surface area contributed by atoms with Crippen LogP contribution in [-0.4, -0.2) is 55.9 Å². The molecule has 1 amide bonds. The third kappa shape index (κ3) is 6.33. The number of hydrogen-bond donors (Lipinski definition) is 0. The summed E-state index contributed by atoms with van der Waals surface area (Å²) in [5.41, 5.74) is 0. The molecule has 1 rings (SSSR count). The molecule has 0 aromatic heterocycles. The van der Waals surface area contributed by atoms with Crippen molar-refractivity contribution in [1.82, 2.24) is 4.90 Å². The molecule has 21 heavy (non-hydrogen) atoms. The Hall–Kier alpha value is -1.31. The van der Waals surface area contributed by atoms with Gasteiger partial charge in [-0.1, -0.05) is 13.8 Å². The Kier molecular flexibility index (Phi) is 6.94. The molecule has 1 aliphatic heterocycles. The van der Waals surface area contributed by atoms with Gasteiger partial charge in [0.1, 0.15) is 5.84 Å². The highest BCUT2D eigenvalue weighted by atomic mass is 19.4. The van der Waals surface area contributed by atoms with E-state index >= 15 is 0 Å². The van der Waals surface area contributed by atoms with Gasteiger partial charge in [-0.2, -0.15) is 18.2 Å². The zero-order chi connectivity index (χ0) is 15.9. The summed E-state index contributed by atoms with van der Waals surface area (Å²) in [7, 11) is 0. The van der Waals surface area contributed by atoms with E-state index in [2.05, 4.69) is 9.73 Å². The molecule has 1 fully saturated rings. The van der Waals surface area contributed by atoms with Crippen LogP contribution < -0.4 is 0 Å². The summed E-state index contributed by atoms with van der Waals surface area (Å²) < 4.78 is 45.5. The van der Waals surface area contributed by atoms with Crippen LogP contribution in [0, 0.1) is 5.92 Å². The van der Waals surface area contributed by atoms with Gasteiger partial charge in [0.2, 0.25) is 0 Å². The fourth-order valence-electron chi connectivity index (χ4n) is 2.14. The molecule has 0 saturated carbocycles. The van der Waals surface area contributed by atoms with Gasteiger partial charge in [0, 0.05) is 19.0 Å². The fraction of sp³-hybridized carbons (Fsp3) is 0.846. The van der Waals surface area contributed by atoms with Gasteiger partial charge in [-0.25, -0.2) is 4.79 Å². The van der Waals surface area contributed by atoms with E-state index in [1.165, 1.54) is 0 Å². The van der Waals surface area contributed by atoms with Crippen LogP contribution in [0.4, 0.5) is 18.0 Å². The normalized spacial score (nSPS) is 17.2. The number of aliphatic imine (C=N–C) groups is 1. The van der Waals surface area contributed by atoms with Crippen LogP contribution in [0.15, 0.2) is 4.99 Å². The Bertz CT molecular complexity index is 362. The maximum absolute atomic E-state index is 12.0. The van der Waals surface area contributed by atoms with Crippen molar-refractivity contribution < 1.29 is 27.4 Å². The second-order valence-corrected chi connectivity index (χ2v) is 4.75. The van der Waals surface area contributed by atoms with Crippen molar-refractivity contribution in [2.75, 3.05) is 32.9 Å². The van der Waals surface area contributed by atoms with E-state index in [4.69, 9.17) is 4.74 Å². The van der Waals surface area contributed by atoms with Crippen molar-refractivity contribution in [3.05, 3.63) is 0 Å². The van der Waals surface area contributed by atoms with Crippen molar-refractivity contribution in [2.45, 2.75) is 32.9 Å². The summed E-state index contributed by atoms with van der Waals surface area (Å²) in [6.07, 6.45) is -4.24. The maximum Gasteiger partial charge on any atom is 0.435 e. The second-order valence-electron chi connectivity index (χ2n) is 4.75. The number of morpholine rings is 1. The number of ether oxygens (including phenoxy) is 2. The quantitative estimate of drug-likeness (QED) is 0.592. The Morgan fingerprint density at radius 3 is 2.33 bits per heavy atom. The number of rotatable bonds is 4. The van der Waals surface area contributed by atoms with Crippen molar-refractivity contribution in [1.29, 1.82) is 0 Å². The monoisotopic (exact) mass is 310 g/mol. The van der Waals surface area contributed by atoms with Gasteiger partial charge in [-0.3, -0.25) is 0 Å². The SMILES string of the molecule is CCC(CC)/C(=N/C(=O)OCC(F)(F)F)N1CCOCC1. The zero-order valence-corrected chi connectivity index (χ0v) is 12.3. The van der Waals surface area contributed by atoms with E-state index in [0.29, 0.717) is 32.1 Å². The minimum atomic E-state index is -4.54. The van der Waals surface area contributed by atoms with Crippen molar-refractivity contribution >= 4 is 11.9 Å². The Morgan fingerprint density at radius 2 is 1.86 bits per heavy atom. The molecule has 1 aliphatic rings. The summed E-state index contributed by atoms with van der Waals surface area (Å²) in [6, 6.07) is 0. The molecule has 0 aromatic rings. The highest BCUT2D eigenvalue weighted by Gasteiger charge is 2.30. The van der Waals surface area contributed by atoms with E-state index < -0.39 is 18.9 Å². The van der Waals surface area contributed by atoms with Crippen LogP contribution in [-0.2, 0) is 9.47 Å². The van der Waals surface area contributed by atoms with Crippen molar-refractivity contribution in [2.24, 2.45) is 10.9 Å². The predicted octanol–water partition coefficient (Wildman–Crippen LogP) is 2.85. The number of hydrogen-bond acceptors (Lipinski definition) is 3. The van der Waals surface area contributed by atoms with Crippen LogP contribution >= 0.6 is 0 Å². The summed E-state index contributed by atoms with van der Waals surface area (Å²) >= 11 is 0. The smallest absolute Gasteiger partial charge is 0.435 e. The molecule has 0 N–H and O–H groups in total. The van der Waals surface area contributed by atoms with Gasteiger partial charge in [0.25, 0.3) is 0 Å². The van der Waals surface area contributed by atoms with E-state index in [0.717, 1.165) is 12.8 Å². The topological polar surface area (TPSA) is 51.1 Å². The van der Waals surface area contributed by atoms with Crippen LogP contribution in [0.1, 0.15) is 26.7 Å². The molecule has 1 saturated heterocycles. The van der Waals surface area contributed by atoms with Gasteiger partial charge in [-0.15, -0.1) is 0 Å². The number of carbonyl (C=O) groups is 1.